The molecule has 9 heteroatoms. The Kier molecular flexibility index (Phi) is 5.45. The Bertz CT molecular complexity index is 700. The second kappa shape index (κ2) is 8.13. The van der Waals surface area contributed by atoms with Crippen molar-refractivity contribution in [2.75, 3.05) is 36.4 Å². The molecule has 1 fully saturated rings. The number of pyridine rings is 1. The molecule has 3 amide bonds. The zero-order valence-electron chi connectivity index (χ0n) is 13.8. The van der Waals surface area contributed by atoms with Gasteiger partial charge in [0, 0.05) is 38.6 Å². The number of urea groups is 1. The Morgan fingerprint density at radius 2 is 2.28 bits per heavy atom. The van der Waals surface area contributed by atoms with Crippen LogP contribution in [-0.2, 0) is 11.3 Å². The molecule has 0 spiro atoms. The molecule has 0 atom stereocenters. The quantitative estimate of drug-likeness (QED) is 0.660. The molecule has 0 radical (unpaired) electrons. The minimum atomic E-state index is -0.271. The number of rotatable bonds is 6. The van der Waals surface area contributed by atoms with Gasteiger partial charge in [-0.05, 0) is 24.6 Å². The van der Waals surface area contributed by atoms with Crippen molar-refractivity contribution in [3.05, 3.63) is 36.8 Å². The van der Waals surface area contributed by atoms with Gasteiger partial charge in [-0.1, -0.05) is 0 Å². The molecule has 0 aliphatic carbocycles. The summed E-state index contributed by atoms with van der Waals surface area (Å²) in [5, 5.41) is 12.4. The van der Waals surface area contributed by atoms with Crippen LogP contribution in [0, 0.1) is 0 Å². The summed E-state index contributed by atoms with van der Waals surface area (Å²) in [5.74, 6) is 0.713. The second-order valence-electron chi connectivity index (χ2n) is 5.68. The molecule has 2 aromatic rings. The van der Waals surface area contributed by atoms with E-state index in [1.807, 2.05) is 21.8 Å². The van der Waals surface area contributed by atoms with E-state index < -0.39 is 0 Å². The molecule has 0 aromatic carbocycles. The number of hydrogen-bond acceptors (Lipinski definition) is 5. The summed E-state index contributed by atoms with van der Waals surface area (Å²) >= 11 is 0. The van der Waals surface area contributed by atoms with Gasteiger partial charge in [-0.3, -0.25) is 9.48 Å². The van der Waals surface area contributed by atoms with Gasteiger partial charge in [-0.25, -0.2) is 9.78 Å². The third kappa shape index (κ3) is 4.93. The third-order valence-electron chi connectivity index (χ3n) is 3.78. The minimum absolute atomic E-state index is 0.00950. The lowest BCUT2D eigenvalue weighted by Crippen LogP contribution is -2.48. The Balaban J connectivity index is 1.41. The number of carbonyl (C=O) groups is 2. The van der Waals surface area contributed by atoms with Crippen molar-refractivity contribution in [1.29, 1.82) is 0 Å². The van der Waals surface area contributed by atoms with E-state index in [2.05, 4.69) is 26.0 Å². The molecule has 1 saturated heterocycles. The van der Waals surface area contributed by atoms with E-state index in [4.69, 9.17) is 0 Å². The van der Waals surface area contributed by atoms with Crippen LogP contribution in [0.5, 0.6) is 0 Å². The molecule has 1 aliphatic rings. The third-order valence-corrected chi connectivity index (χ3v) is 3.78. The Morgan fingerprint density at radius 3 is 3.00 bits per heavy atom. The van der Waals surface area contributed by atoms with Gasteiger partial charge in [0.25, 0.3) is 0 Å². The topological polar surface area (TPSA) is 104 Å². The summed E-state index contributed by atoms with van der Waals surface area (Å²) in [6.07, 6.45) is 6.00. The number of hydrogen-bond donors (Lipinski definition) is 3. The highest BCUT2D eigenvalue weighted by Crippen LogP contribution is 2.14. The van der Waals surface area contributed by atoms with Gasteiger partial charge in [0.05, 0.1) is 18.4 Å². The average Bonchev–Trinajstić information content (AvgIpc) is 3.13. The highest BCUT2D eigenvalue weighted by Gasteiger charge is 2.17. The number of carbonyl (C=O) groups excluding carboxylic acids is 2. The molecule has 3 heterocycles. The lowest BCUT2D eigenvalue weighted by molar-refractivity contribution is -0.120. The van der Waals surface area contributed by atoms with Crippen molar-refractivity contribution < 1.29 is 9.59 Å². The smallest absolute Gasteiger partial charge is 0.319 e. The normalized spacial score (nSPS) is 14.1. The van der Waals surface area contributed by atoms with Gasteiger partial charge in [0.2, 0.25) is 5.91 Å². The largest absolute Gasteiger partial charge is 0.353 e. The fourth-order valence-corrected chi connectivity index (χ4v) is 2.53. The fraction of sp³-hybridized carbons (Fsp3) is 0.375. The fourth-order valence-electron chi connectivity index (χ4n) is 2.53. The van der Waals surface area contributed by atoms with Crippen LogP contribution in [0.1, 0.15) is 6.42 Å². The molecule has 0 saturated carbocycles. The van der Waals surface area contributed by atoms with Crippen molar-refractivity contribution in [3.63, 3.8) is 0 Å². The average molecular weight is 343 g/mol. The molecule has 1 aliphatic heterocycles. The van der Waals surface area contributed by atoms with E-state index in [-0.39, 0.29) is 11.9 Å². The first-order chi connectivity index (χ1) is 12.2. The summed E-state index contributed by atoms with van der Waals surface area (Å²) in [6.45, 7) is 2.95. The summed E-state index contributed by atoms with van der Waals surface area (Å²) in [6, 6.07) is 5.17. The number of anilines is 2. The van der Waals surface area contributed by atoms with Crippen molar-refractivity contribution in [3.8, 4) is 0 Å². The predicted octanol–water partition coefficient (Wildman–Crippen LogP) is 0.426. The molecule has 9 nitrogen and oxygen atoms in total. The Labute approximate surface area is 145 Å². The number of nitrogens with zero attached hydrogens (tertiary/aromatic N) is 4. The zero-order chi connectivity index (χ0) is 17.5. The summed E-state index contributed by atoms with van der Waals surface area (Å²) in [5.41, 5.74) is 0.606. The molecular weight excluding hydrogens is 322 g/mol. The number of aryl methyl sites for hydroxylation is 1. The lowest BCUT2D eigenvalue weighted by atomic mass is 10.3. The second-order valence-corrected chi connectivity index (χ2v) is 5.68. The van der Waals surface area contributed by atoms with Gasteiger partial charge in [-0.2, -0.15) is 5.10 Å². The molecule has 0 bridgehead atoms. The van der Waals surface area contributed by atoms with Gasteiger partial charge < -0.3 is 20.9 Å². The van der Waals surface area contributed by atoms with Gasteiger partial charge in [0.15, 0.2) is 0 Å². The maximum atomic E-state index is 11.9. The molecule has 0 unspecified atom stereocenters. The molecule has 132 valence electrons. The van der Waals surface area contributed by atoms with Crippen LogP contribution in [0.25, 0.3) is 0 Å². The number of aromatic nitrogens is 3. The van der Waals surface area contributed by atoms with Crippen molar-refractivity contribution >= 4 is 23.4 Å². The SMILES string of the molecule is O=C1CN(c2ccc(NC(=O)NCCCn3cccn3)cn2)CCN1. The first kappa shape index (κ1) is 16.7. The molecule has 3 rings (SSSR count). The van der Waals surface area contributed by atoms with E-state index in [0.29, 0.717) is 25.3 Å². The van der Waals surface area contributed by atoms with Crippen LogP contribution in [0.3, 0.4) is 0 Å². The van der Waals surface area contributed by atoms with Gasteiger partial charge in [0.1, 0.15) is 5.82 Å². The standard InChI is InChI=1S/C16H21N7O2/c24-15-12-22(10-7-17-15)14-4-3-13(11-19-14)21-16(25)18-5-1-8-23-9-2-6-20-23/h2-4,6,9,11H,1,5,7-8,10,12H2,(H,17,24)(H2,18,21,25). The number of piperazine rings is 1. The van der Waals surface area contributed by atoms with Crippen molar-refractivity contribution in [1.82, 2.24) is 25.4 Å². The van der Waals surface area contributed by atoms with E-state index in [9.17, 15) is 9.59 Å². The van der Waals surface area contributed by atoms with Crippen LogP contribution in [0.2, 0.25) is 0 Å². The van der Waals surface area contributed by atoms with Crippen molar-refractivity contribution in [2.24, 2.45) is 0 Å². The predicted molar refractivity (Wildman–Crippen MR) is 93.3 cm³/mol. The van der Waals surface area contributed by atoms with Crippen LogP contribution in [0.15, 0.2) is 36.8 Å². The maximum absolute atomic E-state index is 11.9. The number of nitrogens with one attached hydrogen (secondary N) is 3. The summed E-state index contributed by atoms with van der Waals surface area (Å²) in [4.78, 5) is 29.5. The van der Waals surface area contributed by atoms with Crippen molar-refractivity contribution in [2.45, 2.75) is 13.0 Å². The van der Waals surface area contributed by atoms with E-state index >= 15 is 0 Å². The first-order valence-electron chi connectivity index (χ1n) is 8.21. The van der Waals surface area contributed by atoms with Crippen LogP contribution >= 0.6 is 0 Å². The molecule has 3 N–H and O–H groups in total. The molecular formula is C16H21N7O2. The highest BCUT2D eigenvalue weighted by molar-refractivity contribution is 5.89. The van der Waals surface area contributed by atoms with E-state index in [1.54, 1.807) is 24.5 Å². The monoisotopic (exact) mass is 343 g/mol. The van der Waals surface area contributed by atoms with Crippen LogP contribution < -0.4 is 20.9 Å². The zero-order valence-corrected chi connectivity index (χ0v) is 13.8. The van der Waals surface area contributed by atoms with E-state index in [1.165, 1.54) is 0 Å². The van der Waals surface area contributed by atoms with Crippen LogP contribution in [0.4, 0.5) is 16.3 Å². The maximum Gasteiger partial charge on any atom is 0.319 e. The summed E-state index contributed by atoms with van der Waals surface area (Å²) < 4.78 is 1.82. The van der Waals surface area contributed by atoms with E-state index in [0.717, 1.165) is 25.3 Å². The van der Waals surface area contributed by atoms with Crippen LogP contribution in [-0.4, -0.2) is 52.9 Å². The highest BCUT2D eigenvalue weighted by atomic mass is 16.2. The minimum Gasteiger partial charge on any atom is -0.353 e. The molecule has 25 heavy (non-hydrogen) atoms. The van der Waals surface area contributed by atoms with Gasteiger partial charge >= 0.3 is 6.03 Å². The van der Waals surface area contributed by atoms with Gasteiger partial charge in [-0.15, -0.1) is 0 Å². The first-order valence-corrected chi connectivity index (χ1v) is 8.21. The Hall–Kier alpha value is -3.10. The molecule has 2 aromatic heterocycles. The lowest BCUT2D eigenvalue weighted by Gasteiger charge is -2.27. The Morgan fingerprint density at radius 1 is 1.36 bits per heavy atom. The number of amides is 3. The summed E-state index contributed by atoms with van der Waals surface area (Å²) in [7, 11) is 0.